The van der Waals surface area contributed by atoms with Gasteiger partial charge in [0.25, 0.3) is 0 Å². The summed E-state index contributed by atoms with van der Waals surface area (Å²) in [7, 11) is 0. The number of rotatable bonds is 6. The maximum absolute atomic E-state index is 10.1. The van der Waals surface area contributed by atoms with Crippen molar-refractivity contribution in [3.63, 3.8) is 0 Å². The highest BCUT2D eigenvalue weighted by Crippen LogP contribution is 2.15. The molecule has 1 atom stereocenters. The van der Waals surface area contributed by atoms with E-state index < -0.39 is 0 Å². The van der Waals surface area contributed by atoms with E-state index in [9.17, 15) is 5.11 Å². The van der Waals surface area contributed by atoms with Gasteiger partial charge in [-0.15, -0.1) is 0 Å². The van der Waals surface area contributed by atoms with Crippen LogP contribution >= 0.6 is 0 Å². The second-order valence-electron chi connectivity index (χ2n) is 6.16. The van der Waals surface area contributed by atoms with Crippen LogP contribution in [-0.2, 0) is 6.54 Å². The van der Waals surface area contributed by atoms with Gasteiger partial charge in [0, 0.05) is 19.6 Å². The number of β-amino-alcohol motifs (C(OH)–C–C–N with tert-alkyl or cyclic N) is 1. The number of likely N-dealkylation sites (tertiary alicyclic amines) is 1. The molecule has 1 unspecified atom stereocenters. The number of aryl methyl sites for hydroxylation is 3. The van der Waals surface area contributed by atoms with Crippen molar-refractivity contribution in [2.45, 2.75) is 46.3 Å². The van der Waals surface area contributed by atoms with Gasteiger partial charge in [-0.25, -0.2) is 0 Å². The molecule has 2 N–H and O–H groups in total. The van der Waals surface area contributed by atoms with Crippen LogP contribution in [0.3, 0.4) is 0 Å². The van der Waals surface area contributed by atoms with Gasteiger partial charge in [-0.2, -0.15) is 0 Å². The molecule has 0 spiro atoms. The average Bonchev–Trinajstić information content (AvgIpc) is 2.88. The lowest BCUT2D eigenvalue weighted by atomic mass is 10.0. The summed E-state index contributed by atoms with van der Waals surface area (Å²) < 4.78 is 0. The molecule has 0 amide bonds. The molecule has 1 heterocycles. The average molecular weight is 276 g/mol. The van der Waals surface area contributed by atoms with Crippen molar-refractivity contribution in [2.75, 3.05) is 26.2 Å². The highest BCUT2D eigenvalue weighted by atomic mass is 16.3. The largest absolute Gasteiger partial charge is 0.390 e. The molecule has 20 heavy (non-hydrogen) atoms. The van der Waals surface area contributed by atoms with E-state index in [-0.39, 0.29) is 6.10 Å². The number of hydrogen-bond acceptors (Lipinski definition) is 3. The molecule has 1 aromatic carbocycles. The number of nitrogens with zero attached hydrogens (tertiary/aromatic N) is 1. The van der Waals surface area contributed by atoms with E-state index in [2.05, 4.69) is 43.1 Å². The number of benzene rings is 1. The molecular weight excluding hydrogens is 248 g/mol. The molecule has 3 nitrogen and oxygen atoms in total. The molecule has 0 bridgehead atoms. The monoisotopic (exact) mass is 276 g/mol. The fraction of sp³-hybridized carbons (Fsp3) is 0.647. The Kier molecular flexibility index (Phi) is 5.58. The maximum Gasteiger partial charge on any atom is 0.0791 e. The summed E-state index contributed by atoms with van der Waals surface area (Å²) in [5.41, 5.74) is 5.35. The van der Waals surface area contributed by atoms with Crippen LogP contribution in [0.1, 0.15) is 35.1 Å². The van der Waals surface area contributed by atoms with E-state index in [4.69, 9.17) is 0 Å². The Morgan fingerprint density at radius 2 is 1.75 bits per heavy atom. The van der Waals surface area contributed by atoms with Gasteiger partial charge >= 0.3 is 0 Å². The Morgan fingerprint density at radius 3 is 2.45 bits per heavy atom. The van der Waals surface area contributed by atoms with Crippen LogP contribution in [0.25, 0.3) is 0 Å². The molecule has 0 saturated carbocycles. The third kappa shape index (κ3) is 4.30. The lowest BCUT2D eigenvalue weighted by Gasteiger charge is -2.20. The zero-order valence-electron chi connectivity index (χ0n) is 13.1. The standard InChI is InChI=1S/C17H28N2O/c1-13-8-15(3)16(9-14(13)2)10-18-11-17(20)12-19-6-4-5-7-19/h8-9,17-18,20H,4-7,10-12H2,1-3H3. The second-order valence-corrected chi connectivity index (χ2v) is 6.16. The van der Waals surface area contributed by atoms with Gasteiger partial charge in [-0.05, 0) is 69.0 Å². The normalized spacial score (nSPS) is 17.6. The number of aliphatic hydroxyl groups is 1. The summed E-state index contributed by atoms with van der Waals surface area (Å²) in [6, 6.07) is 4.50. The first-order valence-corrected chi connectivity index (χ1v) is 7.74. The Labute approximate surface area is 123 Å². The van der Waals surface area contributed by atoms with Gasteiger partial charge in [0.15, 0.2) is 0 Å². The summed E-state index contributed by atoms with van der Waals surface area (Å²) in [5, 5.41) is 13.4. The number of aliphatic hydroxyl groups excluding tert-OH is 1. The van der Waals surface area contributed by atoms with Gasteiger partial charge in [-0.3, -0.25) is 0 Å². The zero-order chi connectivity index (χ0) is 14.5. The van der Waals surface area contributed by atoms with E-state index in [1.165, 1.54) is 35.1 Å². The molecular formula is C17H28N2O. The maximum atomic E-state index is 10.1. The minimum absolute atomic E-state index is 0.264. The topological polar surface area (TPSA) is 35.5 Å². The van der Waals surface area contributed by atoms with Crippen LogP contribution in [0.4, 0.5) is 0 Å². The van der Waals surface area contributed by atoms with Crippen LogP contribution in [-0.4, -0.2) is 42.3 Å². The molecule has 0 aromatic heterocycles. The van der Waals surface area contributed by atoms with E-state index in [1.54, 1.807) is 0 Å². The molecule has 0 radical (unpaired) electrons. The van der Waals surface area contributed by atoms with Crippen molar-refractivity contribution in [3.8, 4) is 0 Å². The molecule has 1 saturated heterocycles. The summed E-state index contributed by atoms with van der Waals surface area (Å²) >= 11 is 0. The van der Waals surface area contributed by atoms with Gasteiger partial charge in [-0.1, -0.05) is 12.1 Å². The third-order valence-corrected chi connectivity index (χ3v) is 4.32. The van der Waals surface area contributed by atoms with Crippen molar-refractivity contribution in [2.24, 2.45) is 0 Å². The Hall–Kier alpha value is -0.900. The quantitative estimate of drug-likeness (QED) is 0.836. The molecule has 112 valence electrons. The predicted octanol–water partition coefficient (Wildman–Crippen LogP) is 2.16. The Bertz CT molecular complexity index is 439. The molecule has 1 fully saturated rings. The fourth-order valence-corrected chi connectivity index (χ4v) is 2.91. The third-order valence-electron chi connectivity index (χ3n) is 4.32. The van der Waals surface area contributed by atoms with E-state index in [0.29, 0.717) is 6.54 Å². The minimum Gasteiger partial charge on any atom is -0.390 e. The molecule has 1 aromatic rings. The summed E-state index contributed by atoms with van der Waals surface area (Å²) in [5.74, 6) is 0. The highest BCUT2D eigenvalue weighted by Gasteiger charge is 2.15. The lowest BCUT2D eigenvalue weighted by Crippen LogP contribution is -2.36. The predicted molar refractivity (Wildman–Crippen MR) is 84.0 cm³/mol. The SMILES string of the molecule is Cc1cc(C)c(CNCC(O)CN2CCCC2)cc1C. The Morgan fingerprint density at radius 1 is 1.10 bits per heavy atom. The zero-order valence-corrected chi connectivity index (χ0v) is 13.1. The van der Waals surface area contributed by atoms with Crippen LogP contribution in [0.2, 0.25) is 0 Å². The first kappa shape index (κ1) is 15.5. The fourth-order valence-electron chi connectivity index (χ4n) is 2.91. The van der Waals surface area contributed by atoms with Gasteiger partial charge in [0.1, 0.15) is 0 Å². The first-order chi connectivity index (χ1) is 9.56. The smallest absolute Gasteiger partial charge is 0.0791 e. The van der Waals surface area contributed by atoms with Gasteiger partial charge < -0.3 is 15.3 Å². The van der Waals surface area contributed by atoms with E-state index >= 15 is 0 Å². The molecule has 3 heteroatoms. The van der Waals surface area contributed by atoms with Crippen molar-refractivity contribution < 1.29 is 5.11 Å². The van der Waals surface area contributed by atoms with Crippen LogP contribution in [0.5, 0.6) is 0 Å². The van der Waals surface area contributed by atoms with E-state index in [1.807, 2.05) is 0 Å². The van der Waals surface area contributed by atoms with Crippen molar-refractivity contribution in [1.29, 1.82) is 0 Å². The van der Waals surface area contributed by atoms with Crippen LogP contribution in [0, 0.1) is 20.8 Å². The van der Waals surface area contributed by atoms with Crippen LogP contribution < -0.4 is 5.32 Å². The molecule has 1 aliphatic rings. The second kappa shape index (κ2) is 7.21. The Balaban J connectivity index is 1.76. The molecule has 2 rings (SSSR count). The number of hydrogen-bond donors (Lipinski definition) is 2. The minimum atomic E-state index is -0.264. The van der Waals surface area contributed by atoms with Crippen molar-refractivity contribution in [3.05, 3.63) is 34.4 Å². The van der Waals surface area contributed by atoms with Crippen LogP contribution in [0.15, 0.2) is 12.1 Å². The summed E-state index contributed by atoms with van der Waals surface area (Å²) in [4.78, 5) is 2.35. The van der Waals surface area contributed by atoms with Crippen molar-refractivity contribution in [1.82, 2.24) is 10.2 Å². The summed E-state index contributed by atoms with van der Waals surface area (Å²) in [6.07, 6.45) is 2.30. The highest BCUT2D eigenvalue weighted by molar-refractivity contribution is 5.36. The number of nitrogens with one attached hydrogen (secondary N) is 1. The van der Waals surface area contributed by atoms with Gasteiger partial charge in [0.2, 0.25) is 0 Å². The molecule has 0 aliphatic carbocycles. The van der Waals surface area contributed by atoms with Crippen molar-refractivity contribution >= 4 is 0 Å². The summed E-state index contributed by atoms with van der Waals surface area (Å²) in [6.45, 7) is 11.1. The lowest BCUT2D eigenvalue weighted by molar-refractivity contribution is 0.123. The van der Waals surface area contributed by atoms with Gasteiger partial charge in [0.05, 0.1) is 6.10 Å². The first-order valence-electron chi connectivity index (χ1n) is 7.74. The van der Waals surface area contributed by atoms with E-state index in [0.717, 1.165) is 26.2 Å². The molecule has 1 aliphatic heterocycles.